The number of benzene rings is 2. The molecule has 0 aromatic heterocycles. The van der Waals surface area contributed by atoms with E-state index in [-0.39, 0.29) is 17.0 Å². The number of rotatable bonds is 6. The SMILES string of the molecule is Cc1cccc(O[P](=O)(O)[Zn]([Cl])([Cl])[P](=O)(O)Oc2cccc(C)c2C)c1C.[O-2]. The minimum Gasteiger partial charge on any atom is -2.00 e. The van der Waals surface area contributed by atoms with E-state index in [1.54, 1.807) is 52.0 Å². The molecule has 0 aliphatic carbocycles. The Kier molecular flexibility index (Phi) is 8.38. The molecule has 28 heavy (non-hydrogen) atoms. The zero-order valence-electron chi connectivity index (χ0n) is 15.8. The predicted octanol–water partition coefficient (Wildman–Crippen LogP) is 5.92. The first-order valence-electron chi connectivity index (χ1n) is 8.19. The third kappa shape index (κ3) is 5.00. The maximum atomic E-state index is 12.8. The first-order valence-corrected chi connectivity index (χ1v) is 27.5. The van der Waals surface area contributed by atoms with E-state index in [9.17, 15) is 18.9 Å². The fourth-order valence-electron chi connectivity index (χ4n) is 2.33. The van der Waals surface area contributed by atoms with Crippen LogP contribution >= 0.6 is 31.2 Å². The molecule has 2 rings (SSSR count). The summed E-state index contributed by atoms with van der Waals surface area (Å²) in [6.45, 7) is 6.97. The van der Waals surface area contributed by atoms with Crippen molar-refractivity contribution in [1.82, 2.24) is 0 Å². The fraction of sp³-hybridized carbons (Fsp3) is 0.250. The van der Waals surface area contributed by atoms with E-state index in [0.29, 0.717) is 11.1 Å². The van der Waals surface area contributed by atoms with Crippen LogP contribution in [0.5, 0.6) is 11.5 Å². The van der Waals surface area contributed by atoms with Crippen molar-refractivity contribution < 1.29 is 45.3 Å². The minimum atomic E-state index is -5.90. The molecule has 0 bridgehead atoms. The average Bonchev–Trinajstić information content (AvgIpc) is 2.55. The van der Waals surface area contributed by atoms with Gasteiger partial charge in [0, 0.05) is 0 Å². The van der Waals surface area contributed by atoms with Crippen LogP contribution in [0.2, 0.25) is 0 Å². The standard InChI is InChI=1S/2C8H9O3P.2ClH.O.Zn/c2*1-6-4-3-5-8(7(6)2)11-12(9)10;;;;/h2*3-5H,1-2H3;2*1H;;/q;;;;-2;. The van der Waals surface area contributed by atoms with Crippen molar-refractivity contribution in [2.24, 2.45) is 0 Å². The molecule has 2 N–H and O–H groups in total. The number of hydrogen-bond acceptors (Lipinski definition) is 4. The molecule has 12 heteroatoms. The quantitative estimate of drug-likeness (QED) is 0.359. The van der Waals surface area contributed by atoms with Crippen LogP contribution in [-0.4, -0.2) is 9.79 Å². The van der Waals surface area contributed by atoms with Gasteiger partial charge in [0.15, 0.2) is 0 Å². The minimum absolute atomic E-state index is 0. The van der Waals surface area contributed by atoms with Crippen molar-refractivity contribution in [3.05, 3.63) is 58.7 Å². The van der Waals surface area contributed by atoms with Crippen molar-refractivity contribution in [3.63, 3.8) is 0 Å². The Labute approximate surface area is 173 Å². The summed E-state index contributed by atoms with van der Waals surface area (Å²) in [5.41, 5.74) is 2.84. The fourth-order valence-corrected chi connectivity index (χ4v) is 22.5. The second-order valence-corrected chi connectivity index (χ2v) is 52.5. The molecule has 0 saturated heterocycles. The van der Waals surface area contributed by atoms with Crippen LogP contribution in [0.3, 0.4) is 0 Å². The monoisotopic (exact) mass is 520 g/mol. The van der Waals surface area contributed by atoms with E-state index in [1.807, 2.05) is 0 Å². The molecule has 2 unspecified atom stereocenters. The van der Waals surface area contributed by atoms with E-state index in [4.69, 9.17) is 28.4 Å². The summed E-state index contributed by atoms with van der Waals surface area (Å²) in [6.07, 6.45) is 0. The van der Waals surface area contributed by atoms with Crippen LogP contribution in [0.4, 0.5) is 0 Å². The van der Waals surface area contributed by atoms with Gasteiger partial charge < -0.3 is 5.48 Å². The number of aryl methyl sites for hydroxylation is 2. The molecule has 2 aromatic carbocycles. The topological polar surface area (TPSA) is 122 Å². The maximum Gasteiger partial charge on any atom is -2.00 e. The van der Waals surface area contributed by atoms with Gasteiger partial charge in [-0.2, -0.15) is 0 Å². The van der Waals surface area contributed by atoms with Crippen LogP contribution in [0.25, 0.3) is 0 Å². The summed E-state index contributed by atoms with van der Waals surface area (Å²) < 4.78 is 36.0. The van der Waals surface area contributed by atoms with Gasteiger partial charge in [-0.25, -0.2) is 0 Å². The summed E-state index contributed by atoms with van der Waals surface area (Å²) in [7, 11) is 12.2. The molecule has 0 radical (unpaired) electrons. The van der Waals surface area contributed by atoms with Crippen molar-refractivity contribution >= 4 is 31.2 Å². The molecule has 0 aliphatic heterocycles. The Balaban J connectivity index is 0.00000392. The molecule has 0 fully saturated rings. The van der Waals surface area contributed by atoms with Gasteiger partial charge >= 0.3 is 169 Å². The Bertz CT molecular complexity index is 893. The van der Waals surface area contributed by atoms with Gasteiger partial charge in [-0.1, -0.05) is 0 Å². The van der Waals surface area contributed by atoms with Gasteiger partial charge in [-0.05, 0) is 0 Å². The van der Waals surface area contributed by atoms with E-state index in [2.05, 4.69) is 0 Å². The van der Waals surface area contributed by atoms with Crippen molar-refractivity contribution in [3.8, 4) is 11.5 Å². The largest absolute Gasteiger partial charge is 2.00 e. The second kappa shape index (κ2) is 9.16. The van der Waals surface area contributed by atoms with E-state index < -0.39 is 23.7 Å². The van der Waals surface area contributed by atoms with Crippen LogP contribution in [0.15, 0.2) is 36.4 Å². The van der Waals surface area contributed by atoms with Crippen LogP contribution < -0.4 is 9.05 Å². The van der Waals surface area contributed by atoms with E-state index in [0.717, 1.165) is 11.1 Å². The molecule has 154 valence electrons. The van der Waals surface area contributed by atoms with Gasteiger partial charge in [0.25, 0.3) is 0 Å². The molecule has 2 atom stereocenters. The molecule has 0 aliphatic rings. The summed E-state index contributed by atoms with van der Waals surface area (Å²) >= 11 is -5.90. The number of hydrogen-bond donors (Lipinski definition) is 2. The third-order valence-corrected chi connectivity index (χ3v) is 51.2. The zero-order valence-corrected chi connectivity index (χ0v) is 22.0. The molecule has 7 nitrogen and oxygen atoms in total. The van der Waals surface area contributed by atoms with Crippen LogP contribution in [0, 0.1) is 27.7 Å². The molecule has 0 heterocycles. The Morgan fingerprint density at radius 1 is 0.786 bits per heavy atom. The maximum absolute atomic E-state index is 12.8. The van der Waals surface area contributed by atoms with Crippen LogP contribution in [-0.2, 0) is 26.4 Å². The molecule has 2 aromatic rings. The van der Waals surface area contributed by atoms with Crippen LogP contribution in [0.1, 0.15) is 22.3 Å². The zero-order chi connectivity index (χ0) is 20.6. The third-order valence-electron chi connectivity index (χ3n) is 4.55. The number of halogens is 2. The predicted molar refractivity (Wildman–Crippen MR) is 105 cm³/mol. The van der Waals surface area contributed by atoms with Crippen molar-refractivity contribution in [2.75, 3.05) is 0 Å². The average molecular weight is 523 g/mol. The van der Waals surface area contributed by atoms with Gasteiger partial charge in [0.05, 0.1) is 0 Å². The molecule has 0 amide bonds. The van der Waals surface area contributed by atoms with Crippen molar-refractivity contribution in [2.45, 2.75) is 27.7 Å². The summed E-state index contributed by atoms with van der Waals surface area (Å²) in [5, 5.41) is 0. The smallest absolute Gasteiger partial charge is 2.00 e. The van der Waals surface area contributed by atoms with E-state index in [1.165, 1.54) is 12.1 Å². The summed E-state index contributed by atoms with van der Waals surface area (Å²) in [6, 6.07) is 9.78. The normalized spacial score (nSPS) is 15.1. The molecule has 0 spiro atoms. The first-order chi connectivity index (χ1) is 12.3. The molecular weight excluding hydrogens is 502 g/mol. The van der Waals surface area contributed by atoms with E-state index >= 15 is 0 Å². The molecule has 0 saturated carbocycles. The molecular formula is C16H20Cl2O7P2Zn-2. The van der Waals surface area contributed by atoms with Gasteiger partial charge in [0.2, 0.25) is 0 Å². The first kappa shape index (κ1) is 25.6. The van der Waals surface area contributed by atoms with Gasteiger partial charge in [-0.15, -0.1) is 0 Å². The second-order valence-electron chi connectivity index (χ2n) is 6.57. The Morgan fingerprint density at radius 3 is 1.43 bits per heavy atom. The van der Waals surface area contributed by atoms with Gasteiger partial charge in [-0.3, -0.25) is 0 Å². The summed E-state index contributed by atoms with van der Waals surface area (Å²) in [5.74, 6) is -9.51. The Hall–Kier alpha value is -0.417. The Morgan fingerprint density at radius 2 is 1.11 bits per heavy atom. The van der Waals surface area contributed by atoms with Gasteiger partial charge in [0.1, 0.15) is 0 Å². The summed E-state index contributed by atoms with van der Waals surface area (Å²) in [4.78, 5) is 20.8. The van der Waals surface area contributed by atoms with Crippen molar-refractivity contribution in [1.29, 1.82) is 0 Å².